The average molecular weight is 339 g/mol. The molecule has 0 unspecified atom stereocenters. The van der Waals surface area contributed by atoms with Gasteiger partial charge in [-0.05, 0) is 43.7 Å². The second-order valence-electron chi connectivity index (χ2n) is 5.25. The summed E-state index contributed by atoms with van der Waals surface area (Å²) in [4.78, 5) is 16.6. The second-order valence-corrected chi connectivity index (χ2v) is 6.07. The number of rotatable bonds is 4. The smallest absolute Gasteiger partial charge is 0.257 e. The number of hydrogen-bond donors (Lipinski definition) is 1. The first-order valence-electron chi connectivity index (χ1n) is 6.62. The molecule has 0 aliphatic carbocycles. The van der Waals surface area contributed by atoms with Crippen LogP contribution in [0, 0.1) is 0 Å². The van der Waals surface area contributed by atoms with E-state index in [0.29, 0.717) is 5.02 Å². The summed E-state index contributed by atoms with van der Waals surface area (Å²) in [6, 6.07) is 6.85. The largest absolute Gasteiger partial charge is 0.494 e. The molecule has 0 aliphatic rings. The van der Waals surface area contributed by atoms with Crippen LogP contribution in [0.2, 0.25) is 10.0 Å². The lowest BCUT2D eigenvalue weighted by atomic mass is 9.95. The fourth-order valence-corrected chi connectivity index (χ4v) is 2.60. The molecular formula is C16H16Cl2N2O2. The van der Waals surface area contributed by atoms with Crippen LogP contribution in [0.25, 0.3) is 0 Å². The van der Waals surface area contributed by atoms with Gasteiger partial charge in [-0.15, -0.1) is 0 Å². The second kappa shape index (κ2) is 6.55. The maximum Gasteiger partial charge on any atom is 0.257 e. The first-order valence-corrected chi connectivity index (χ1v) is 7.37. The lowest BCUT2D eigenvalue weighted by Gasteiger charge is -2.27. The Morgan fingerprint density at radius 3 is 2.32 bits per heavy atom. The Bertz CT molecular complexity index is 688. The van der Waals surface area contributed by atoms with Crippen molar-refractivity contribution in [2.75, 3.05) is 7.11 Å². The van der Waals surface area contributed by atoms with Gasteiger partial charge < -0.3 is 10.1 Å². The highest BCUT2D eigenvalue weighted by Gasteiger charge is 2.27. The van der Waals surface area contributed by atoms with E-state index in [1.807, 2.05) is 26.0 Å². The fourth-order valence-electron chi connectivity index (χ4n) is 2.13. The van der Waals surface area contributed by atoms with E-state index in [4.69, 9.17) is 27.9 Å². The van der Waals surface area contributed by atoms with Gasteiger partial charge in [-0.2, -0.15) is 0 Å². The maximum atomic E-state index is 12.6. The number of hydrogen-bond acceptors (Lipinski definition) is 3. The van der Waals surface area contributed by atoms with Crippen molar-refractivity contribution in [1.82, 2.24) is 10.3 Å². The summed E-state index contributed by atoms with van der Waals surface area (Å²) in [5, 5.41) is 3.56. The van der Waals surface area contributed by atoms with Crippen molar-refractivity contribution in [2.24, 2.45) is 0 Å². The van der Waals surface area contributed by atoms with Crippen LogP contribution in [0.15, 0.2) is 36.7 Å². The molecule has 0 spiro atoms. The Balaban J connectivity index is 2.36. The Labute approximate surface area is 139 Å². The Hall–Kier alpha value is -1.78. The number of nitrogens with one attached hydrogen (secondary N) is 1. The van der Waals surface area contributed by atoms with E-state index in [2.05, 4.69) is 10.3 Å². The minimum atomic E-state index is -0.601. The molecule has 1 heterocycles. The van der Waals surface area contributed by atoms with E-state index in [9.17, 15) is 4.79 Å². The lowest BCUT2D eigenvalue weighted by Crippen LogP contribution is -2.41. The number of nitrogens with zero attached hydrogens (tertiary/aromatic N) is 1. The molecule has 6 heteroatoms. The number of aromatic nitrogens is 1. The molecule has 2 aromatic rings. The first kappa shape index (κ1) is 16.6. The van der Waals surface area contributed by atoms with Crippen molar-refractivity contribution in [3.05, 3.63) is 57.8 Å². The third-order valence-corrected chi connectivity index (χ3v) is 3.93. The van der Waals surface area contributed by atoms with Crippen LogP contribution in [-0.4, -0.2) is 18.0 Å². The summed E-state index contributed by atoms with van der Waals surface area (Å²) in [5.74, 6) is -0.0941. The standard InChI is InChI=1S/C16H16Cl2N2O2/c1-16(2,10-6-8-19-9-7-10)20-15(21)13-11(17)4-5-12(18)14(13)22-3/h4-9H,1-3H3,(H,20,21). The summed E-state index contributed by atoms with van der Waals surface area (Å²) in [5.41, 5.74) is 0.545. The molecule has 0 radical (unpaired) electrons. The van der Waals surface area contributed by atoms with Gasteiger partial charge in [0.1, 0.15) is 5.56 Å². The van der Waals surface area contributed by atoms with Gasteiger partial charge in [0.15, 0.2) is 5.75 Å². The number of ether oxygens (including phenoxy) is 1. The van der Waals surface area contributed by atoms with Gasteiger partial charge in [0, 0.05) is 12.4 Å². The molecule has 22 heavy (non-hydrogen) atoms. The number of amides is 1. The number of carbonyl (C=O) groups is 1. The van der Waals surface area contributed by atoms with E-state index < -0.39 is 5.54 Å². The van der Waals surface area contributed by atoms with E-state index in [1.54, 1.807) is 24.5 Å². The molecular weight excluding hydrogens is 323 g/mol. The van der Waals surface area contributed by atoms with Gasteiger partial charge in [-0.3, -0.25) is 9.78 Å². The van der Waals surface area contributed by atoms with Crippen LogP contribution in [-0.2, 0) is 5.54 Å². The minimum Gasteiger partial charge on any atom is -0.494 e. The molecule has 0 aliphatic heterocycles. The van der Waals surface area contributed by atoms with Gasteiger partial charge in [0.25, 0.3) is 5.91 Å². The molecule has 0 saturated carbocycles. The summed E-state index contributed by atoms with van der Waals surface area (Å²) >= 11 is 12.2. The summed E-state index contributed by atoms with van der Waals surface area (Å²) < 4.78 is 5.21. The number of carbonyl (C=O) groups excluding carboxylic acids is 1. The number of benzene rings is 1. The molecule has 1 N–H and O–H groups in total. The SMILES string of the molecule is COc1c(Cl)ccc(Cl)c1C(=O)NC(C)(C)c1ccncc1. The van der Waals surface area contributed by atoms with Crippen LogP contribution < -0.4 is 10.1 Å². The van der Waals surface area contributed by atoms with Crippen LogP contribution in [0.1, 0.15) is 29.8 Å². The summed E-state index contributed by atoms with van der Waals surface area (Å²) in [6.45, 7) is 3.79. The third-order valence-electron chi connectivity index (χ3n) is 3.32. The first-order chi connectivity index (χ1) is 10.4. The molecule has 1 aromatic heterocycles. The highest BCUT2D eigenvalue weighted by atomic mass is 35.5. The third kappa shape index (κ3) is 3.34. The van der Waals surface area contributed by atoms with Crippen LogP contribution in [0.3, 0.4) is 0 Å². The summed E-state index contributed by atoms with van der Waals surface area (Å²) in [6.07, 6.45) is 3.35. The van der Waals surface area contributed by atoms with E-state index in [-0.39, 0.29) is 22.2 Å². The van der Waals surface area contributed by atoms with Crippen LogP contribution in [0.5, 0.6) is 5.75 Å². The lowest BCUT2D eigenvalue weighted by molar-refractivity contribution is 0.0909. The molecule has 0 saturated heterocycles. The monoisotopic (exact) mass is 338 g/mol. The van der Waals surface area contributed by atoms with Crippen LogP contribution >= 0.6 is 23.2 Å². The zero-order chi connectivity index (χ0) is 16.3. The van der Waals surface area contributed by atoms with Crippen LogP contribution in [0.4, 0.5) is 0 Å². The highest BCUT2D eigenvalue weighted by Crippen LogP contribution is 2.34. The van der Waals surface area contributed by atoms with Crippen molar-refractivity contribution >= 4 is 29.1 Å². The normalized spacial score (nSPS) is 11.1. The van der Waals surface area contributed by atoms with Crippen molar-refractivity contribution in [3.63, 3.8) is 0 Å². The van der Waals surface area contributed by atoms with Gasteiger partial charge in [-0.1, -0.05) is 23.2 Å². The minimum absolute atomic E-state index is 0.221. The zero-order valence-corrected chi connectivity index (χ0v) is 14.0. The molecule has 4 nitrogen and oxygen atoms in total. The number of methoxy groups -OCH3 is 1. The molecule has 0 fully saturated rings. The van der Waals surface area contributed by atoms with Crippen molar-refractivity contribution in [1.29, 1.82) is 0 Å². The molecule has 1 aromatic carbocycles. The van der Waals surface area contributed by atoms with E-state index in [0.717, 1.165) is 5.56 Å². The Morgan fingerprint density at radius 2 is 1.73 bits per heavy atom. The molecule has 0 atom stereocenters. The average Bonchev–Trinajstić information content (AvgIpc) is 2.49. The Kier molecular flexibility index (Phi) is 4.94. The summed E-state index contributed by atoms with van der Waals surface area (Å²) in [7, 11) is 1.45. The number of halogens is 2. The fraction of sp³-hybridized carbons (Fsp3) is 0.250. The van der Waals surface area contributed by atoms with Gasteiger partial charge >= 0.3 is 0 Å². The van der Waals surface area contributed by atoms with Gasteiger partial charge in [0.2, 0.25) is 0 Å². The van der Waals surface area contributed by atoms with Crippen molar-refractivity contribution in [3.8, 4) is 5.75 Å². The molecule has 2 rings (SSSR count). The maximum absolute atomic E-state index is 12.6. The molecule has 0 bridgehead atoms. The molecule has 1 amide bonds. The van der Waals surface area contributed by atoms with Gasteiger partial charge in [-0.25, -0.2) is 0 Å². The Morgan fingerprint density at radius 1 is 1.14 bits per heavy atom. The quantitative estimate of drug-likeness (QED) is 0.914. The van der Waals surface area contributed by atoms with E-state index in [1.165, 1.54) is 7.11 Å². The topological polar surface area (TPSA) is 51.2 Å². The highest BCUT2D eigenvalue weighted by molar-refractivity contribution is 6.37. The van der Waals surface area contributed by atoms with Crippen molar-refractivity contribution < 1.29 is 9.53 Å². The van der Waals surface area contributed by atoms with E-state index >= 15 is 0 Å². The predicted octanol–water partition coefficient (Wildman–Crippen LogP) is 4.06. The molecule has 116 valence electrons. The zero-order valence-electron chi connectivity index (χ0n) is 12.5. The predicted molar refractivity (Wildman–Crippen MR) is 87.7 cm³/mol. The van der Waals surface area contributed by atoms with Gasteiger partial charge in [0.05, 0.1) is 22.7 Å². The number of pyridine rings is 1. The van der Waals surface area contributed by atoms with Crippen molar-refractivity contribution in [2.45, 2.75) is 19.4 Å².